The summed E-state index contributed by atoms with van der Waals surface area (Å²) in [7, 11) is 0. The largest absolute Gasteiger partial charge is 0.330 e. The molecule has 0 aromatic heterocycles. The van der Waals surface area contributed by atoms with Crippen LogP contribution in [0, 0.1) is 17.8 Å². The van der Waals surface area contributed by atoms with Gasteiger partial charge in [-0.15, -0.1) is 0 Å². The molecule has 2 nitrogen and oxygen atoms in total. The van der Waals surface area contributed by atoms with Gasteiger partial charge in [0, 0.05) is 6.04 Å². The van der Waals surface area contributed by atoms with E-state index in [9.17, 15) is 0 Å². The lowest BCUT2D eigenvalue weighted by Crippen LogP contribution is -2.34. The number of hydrogen-bond donors (Lipinski definition) is 2. The van der Waals surface area contributed by atoms with E-state index in [1.807, 2.05) is 0 Å². The first-order valence-corrected chi connectivity index (χ1v) is 7.78. The summed E-state index contributed by atoms with van der Waals surface area (Å²) in [5, 5.41) is 3.83. The highest BCUT2D eigenvalue weighted by atomic mass is 14.9. The fraction of sp³-hybridized carbons (Fsp3) is 1.00. The average molecular weight is 238 g/mol. The maximum atomic E-state index is 5.64. The fourth-order valence-electron chi connectivity index (χ4n) is 3.08. The summed E-state index contributed by atoms with van der Waals surface area (Å²) in [6, 6.07) is 0.879. The summed E-state index contributed by atoms with van der Waals surface area (Å²) in [5.41, 5.74) is 5.64. The summed E-state index contributed by atoms with van der Waals surface area (Å²) < 4.78 is 0. The fourth-order valence-corrected chi connectivity index (χ4v) is 3.08. The Morgan fingerprint density at radius 3 is 2.24 bits per heavy atom. The Kier molecular flexibility index (Phi) is 5.30. The van der Waals surface area contributed by atoms with Crippen LogP contribution in [0.15, 0.2) is 0 Å². The Morgan fingerprint density at radius 1 is 1.12 bits per heavy atom. The normalized spacial score (nSPS) is 22.1. The van der Waals surface area contributed by atoms with Crippen LogP contribution in [0.25, 0.3) is 0 Å². The van der Waals surface area contributed by atoms with Crippen molar-refractivity contribution in [3.05, 3.63) is 0 Å². The van der Waals surface area contributed by atoms with Gasteiger partial charge in [0.25, 0.3) is 0 Å². The van der Waals surface area contributed by atoms with Crippen LogP contribution >= 0.6 is 0 Å². The molecule has 1 unspecified atom stereocenters. The molecule has 2 aliphatic carbocycles. The van der Waals surface area contributed by atoms with Crippen molar-refractivity contribution in [2.45, 2.75) is 64.3 Å². The molecule has 2 aliphatic rings. The number of nitrogens with one attached hydrogen (secondary N) is 1. The summed E-state index contributed by atoms with van der Waals surface area (Å²) in [6.45, 7) is 4.39. The third kappa shape index (κ3) is 4.59. The second-order valence-corrected chi connectivity index (χ2v) is 6.15. The standard InChI is InChI=1S/C15H30N2/c1-2-12(9-10-16)4-3-11-17-15(13-5-6-13)14-7-8-14/h12-15,17H,2-11,16H2,1H3. The van der Waals surface area contributed by atoms with Crippen LogP contribution in [0.3, 0.4) is 0 Å². The van der Waals surface area contributed by atoms with E-state index in [-0.39, 0.29) is 0 Å². The van der Waals surface area contributed by atoms with Gasteiger partial charge in [-0.3, -0.25) is 0 Å². The number of nitrogens with two attached hydrogens (primary N) is 1. The molecule has 0 spiro atoms. The zero-order valence-electron chi connectivity index (χ0n) is 11.5. The molecule has 2 fully saturated rings. The lowest BCUT2D eigenvalue weighted by molar-refractivity contribution is 0.381. The average Bonchev–Trinajstić information content (AvgIpc) is 3.18. The minimum atomic E-state index is 0.860. The molecule has 17 heavy (non-hydrogen) atoms. The van der Waals surface area contributed by atoms with Crippen LogP contribution in [0.5, 0.6) is 0 Å². The van der Waals surface area contributed by atoms with Crippen molar-refractivity contribution in [1.29, 1.82) is 0 Å². The van der Waals surface area contributed by atoms with E-state index in [1.165, 1.54) is 57.9 Å². The molecule has 2 saturated carbocycles. The van der Waals surface area contributed by atoms with Gasteiger partial charge in [0.1, 0.15) is 0 Å². The Labute approximate surface area is 107 Å². The van der Waals surface area contributed by atoms with Crippen molar-refractivity contribution >= 4 is 0 Å². The van der Waals surface area contributed by atoms with Gasteiger partial charge >= 0.3 is 0 Å². The zero-order valence-corrected chi connectivity index (χ0v) is 11.5. The predicted octanol–water partition coefficient (Wildman–Crippen LogP) is 2.92. The molecule has 0 aromatic carbocycles. The number of rotatable bonds is 10. The summed E-state index contributed by atoms with van der Waals surface area (Å²) >= 11 is 0. The van der Waals surface area contributed by atoms with Gasteiger partial charge < -0.3 is 11.1 Å². The molecule has 0 heterocycles. The van der Waals surface area contributed by atoms with Crippen LogP contribution in [-0.2, 0) is 0 Å². The van der Waals surface area contributed by atoms with Crippen LogP contribution < -0.4 is 11.1 Å². The maximum absolute atomic E-state index is 5.64. The quantitative estimate of drug-likeness (QED) is 0.574. The number of hydrogen-bond acceptors (Lipinski definition) is 2. The molecule has 0 aliphatic heterocycles. The van der Waals surface area contributed by atoms with Gasteiger partial charge in [0.15, 0.2) is 0 Å². The van der Waals surface area contributed by atoms with E-state index in [2.05, 4.69) is 12.2 Å². The Balaban J connectivity index is 1.55. The third-order valence-corrected chi connectivity index (χ3v) is 4.58. The highest BCUT2D eigenvalue weighted by molar-refractivity contribution is 4.96. The predicted molar refractivity (Wildman–Crippen MR) is 73.9 cm³/mol. The molecule has 100 valence electrons. The first-order chi connectivity index (χ1) is 8.35. The molecular formula is C15H30N2. The summed E-state index contributed by atoms with van der Waals surface area (Å²) in [5.74, 6) is 2.93. The molecule has 3 N–H and O–H groups in total. The van der Waals surface area contributed by atoms with Crippen molar-refractivity contribution in [2.24, 2.45) is 23.5 Å². The molecule has 0 radical (unpaired) electrons. The van der Waals surface area contributed by atoms with E-state index in [0.717, 1.165) is 30.3 Å². The highest BCUT2D eigenvalue weighted by Crippen LogP contribution is 2.44. The zero-order chi connectivity index (χ0) is 12.1. The van der Waals surface area contributed by atoms with Crippen LogP contribution in [0.4, 0.5) is 0 Å². The topological polar surface area (TPSA) is 38.0 Å². The van der Waals surface area contributed by atoms with Crippen molar-refractivity contribution in [2.75, 3.05) is 13.1 Å². The molecular weight excluding hydrogens is 208 g/mol. The Hall–Kier alpha value is -0.0800. The SMILES string of the molecule is CCC(CCN)CCCNC(C1CC1)C1CC1. The molecule has 1 atom stereocenters. The minimum Gasteiger partial charge on any atom is -0.330 e. The van der Waals surface area contributed by atoms with Gasteiger partial charge in [0.05, 0.1) is 0 Å². The van der Waals surface area contributed by atoms with Crippen LogP contribution in [-0.4, -0.2) is 19.1 Å². The van der Waals surface area contributed by atoms with Crippen molar-refractivity contribution < 1.29 is 0 Å². The Bertz CT molecular complexity index is 197. The van der Waals surface area contributed by atoms with Gasteiger partial charge in [-0.2, -0.15) is 0 Å². The van der Waals surface area contributed by atoms with E-state index in [0.29, 0.717) is 0 Å². The lowest BCUT2D eigenvalue weighted by Gasteiger charge is -2.19. The van der Waals surface area contributed by atoms with Gasteiger partial charge in [-0.25, -0.2) is 0 Å². The summed E-state index contributed by atoms with van der Waals surface area (Å²) in [6.07, 6.45) is 11.2. The van der Waals surface area contributed by atoms with E-state index in [1.54, 1.807) is 0 Å². The molecule has 2 rings (SSSR count). The first-order valence-electron chi connectivity index (χ1n) is 7.78. The molecule has 2 heteroatoms. The van der Waals surface area contributed by atoms with Crippen molar-refractivity contribution in [3.8, 4) is 0 Å². The van der Waals surface area contributed by atoms with Gasteiger partial charge in [-0.1, -0.05) is 13.3 Å². The van der Waals surface area contributed by atoms with Gasteiger partial charge in [-0.05, 0) is 75.8 Å². The highest BCUT2D eigenvalue weighted by Gasteiger charge is 2.40. The third-order valence-electron chi connectivity index (χ3n) is 4.58. The minimum absolute atomic E-state index is 0.860. The van der Waals surface area contributed by atoms with Gasteiger partial charge in [0.2, 0.25) is 0 Å². The molecule has 0 amide bonds. The molecule has 0 saturated heterocycles. The second kappa shape index (κ2) is 6.75. The first kappa shape index (κ1) is 13.4. The maximum Gasteiger partial charge on any atom is 0.0124 e. The van der Waals surface area contributed by atoms with E-state index >= 15 is 0 Å². The Morgan fingerprint density at radius 2 is 1.76 bits per heavy atom. The molecule has 0 aromatic rings. The second-order valence-electron chi connectivity index (χ2n) is 6.15. The van der Waals surface area contributed by atoms with E-state index in [4.69, 9.17) is 5.73 Å². The van der Waals surface area contributed by atoms with Crippen LogP contribution in [0.1, 0.15) is 58.3 Å². The lowest BCUT2D eigenvalue weighted by atomic mass is 9.96. The van der Waals surface area contributed by atoms with Crippen LogP contribution in [0.2, 0.25) is 0 Å². The monoisotopic (exact) mass is 238 g/mol. The van der Waals surface area contributed by atoms with E-state index < -0.39 is 0 Å². The summed E-state index contributed by atoms with van der Waals surface area (Å²) in [4.78, 5) is 0. The van der Waals surface area contributed by atoms with Crippen molar-refractivity contribution in [1.82, 2.24) is 5.32 Å². The van der Waals surface area contributed by atoms with Crippen molar-refractivity contribution in [3.63, 3.8) is 0 Å². The smallest absolute Gasteiger partial charge is 0.0124 e. The molecule has 0 bridgehead atoms.